The molecular weight excluding hydrogens is 354 g/mol. The van der Waals surface area contributed by atoms with Gasteiger partial charge in [-0.05, 0) is 19.4 Å². The van der Waals surface area contributed by atoms with Crippen LogP contribution in [0.3, 0.4) is 0 Å². The lowest BCUT2D eigenvalue weighted by atomic mass is 9.97. The lowest BCUT2D eigenvalue weighted by molar-refractivity contribution is 0.169. The lowest BCUT2D eigenvalue weighted by Gasteiger charge is -2.35. The highest BCUT2D eigenvalue weighted by molar-refractivity contribution is 5.85. The number of methoxy groups -OCH3 is 2. The number of halogens is 3. The highest BCUT2D eigenvalue weighted by atomic mass is 35.5. The van der Waals surface area contributed by atoms with E-state index in [1.807, 2.05) is 6.92 Å². The molecule has 0 amide bonds. The number of hydrogen-bond acceptors (Lipinski definition) is 4. The Hall–Kier alpha value is -1.01. The molecule has 0 spiro atoms. The monoisotopic (exact) mass is 380 g/mol. The Bertz CT molecular complexity index is 538. The first kappa shape index (κ1) is 23.0. The molecule has 138 valence electrons. The minimum atomic E-state index is -0.262. The summed E-state index contributed by atoms with van der Waals surface area (Å²) in [4.78, 5) is 2.30. The lowest BCUT2D eigenvalue weighted by Crippen LogP contribution is -2.45. The minimum absolute atomic E-state index is 0. The van der Waals surface area contributed by atoms with Crippen molar-refractivity contribution in [2.24, 2.45) is 0 Å². The predicted molar refractivity (Wildman–Crippen MR) is 101 cm³/mol. The number of ether oxygens (including phenoxy) is 2. The number of nitrogens with one attached hydrogen (secondary N) is 1. The van der Waals surface area contributed by atoms with Crippen LogP contribution in [0.5, 0.6) is 11.5 Å². The Morgan fingerprint density at radius 3 is 2.25 bits per heavy atom. The van der Waals surface area contributed by atoms with Crippen molar-refractivity contribution in [2.75, 3.05) is 40.4 Å². The summed E-state index contributed by atoms with van der Waals surface area (Å²) < 4.78 is 25.1. The molecule has 4 nitrogen and oxygen atoms in total. The third-order valence-electron chi connectivity index (χ3n) is 4.00. The van der Waals surface area contributed by atoms with E-state index in [9.17, 15) is 4.39 Å². The van der Waals surface area contributed by atoms with Gasteiger partial charge in [-0.2, -0.15) is 0 Å². The Morgan fingerprint density at radius 2 is 1.75 bits per heavy atom. The molecule has 0 saturated carbocycles. The molecule has 1 aromatic rings. The summed E-state index contributed by atoms with van der Waals surface area (Å²) in [5, 5.41) is 3.33. The van der Waals surface area contributed by atoms with Gasteiger partial charge < -0.3 is 14.8 Å². The Kier molecular flexibility index (Phi) is 10.3. The molecule has 1 heterocycles. The van der Waals surface area contributed by atoms with Crippen molar-refractivity contribution in [3.8, 4) is 11.5 Å². The third-order valence-corrected chi connectivity index (χ3v) is 4.00. The van der Waals surface area contributed by atoms with Gasteiger partial charge in [-0.3, -0.25) is 4.90 Å². The predicted octanol–water partition coefficient (Wildman–Crippen LogP) is 3.60. The van der Waals surface area contributed by atoms with Crippen molar-refractivity contribution in [3.05, 3.63) is 35.7 Å². The zero-order valence-electron chi connectivity index (χ0n) is 14.4. The van der Waals surface area contributed by atoms with Crippen molar-refractivity contribution in [1.82, 2.24) is 10.2 Å². The van der Waals surface area contributed by atoms with Crippen molar-refractivity contribution < 1.29 is 13.9 Å². The molecule has 24 heavy (non-hydrogen) atoms. The van der Waals surface area contributed by atoms with E-state index in [1.54, 1.807) is 13.2 Å². The van der Waals surface area contributed by atoms with Gasteiger partial charge in [-0.15, -0.1) is 31.4 Å². The summed E-state index contributed by atoms with van der Waals surface area (Å²) in [6.07, 6.45) is 0.729. The topological polar surface area (TPSA) is 33.7 Å². The second kappa shape index (κ2) is 10.8. The average Bonchev–Trinajstić information content (AvgIpc) is 2.53. The first-order valence-corrected chi connectivity index (χ1v) is 7.57. The van der Waals surface area contributed by atoms with E-state index >= 15 is 0 Å². The average molecular weight is 381 g/mol. The molecule has 0 unspecified atom stereocenters. The zero-order valence-corrected chi connectivity index (χ0v) is 16.1. The van der Waals surface area contributed by atoms with Gasteiger partial charge in [0.15, 0.2) is 11.5 Å². The highest BCUT2D eigenvalue weighted by Gasteiger charge is 2.26. The SMILES string of the molecule is C=C(C)C[C@@H](c1cc(OC)c(OC)cc1F)N1CCNCC1.Cl.Cl. The number of nitrogens with zero attached hydrogens (tertiary/aromatic N) is 1. The number of rotatable bonds is 6. The summed E-state index contributed by atoms with van der Waals surface area (Å²) >= 11 is 0. The molecule has 2 rings (SSSR count). The van der Waals surface area contributed by atoms with E-state index in [1.165, 1.54) is 13.2 Å². The Labute approximate surface area is 156 Å². The van der Waals surface area contributed by atoms with Crippen molar-refractivity contribution in [2.45, 2.75) is 19.4 Å². The van der Waals surface area contributed by atoms with Gasteiger partial charge in [0.25, 0.3) is 0 Å². The number of hydrogen-bond donors (Lipinski definition) is 1. The van der Waals surface area contributed by atoms with Crippen LogP contribution in [0.15, 0.2) is 24.3 Å². The number of piperazine rings is 1. The van der Waals surface area contributed by atoms with Crippen LogP contribution in [0.4, 0.5) is 4.39 Å². The summed E-state index contributed by atoms with van der Waals surface area (Å²) in [5.41, 5.74) is 1.68. The van der Waals surface area contributed by atoms with Gasteiger partial charge in [0.1, 0.15) is 5.82 Å². The molecule has 0 radical (unpaired) electrons. The summed E-state index contributed by atoms with van der Waals surface area (Å²) in [6.45, 7) is 9.61. The fourth-order valence-electron chi connectivity index (χ4n) is 2.88. The fraction of sp³-hybridized carbons (Fsp3) is 0.529. The van der Waals surface area contributed by atoms with Crippen LogP contribution in [0.25, 0.3) is 0 Å². The molecule has 1 atom stereocenters. The molecule has 1 saturated heterocycles. The first-order valence-electron chi connectivity index (χ1n) is 7.57. The standard InChI is InChI=1S/C17H25FN2O2.2ClH/c1-12(2)9-15(20-7-5-19-6-8-20)13-10-16(21-3)17(22-4)11-14(13)18;;/h10-11,15,19H,1,5-9H2,2-4H3;2*1H/t15-;;/m0../s1. The van der Waals surface area contributed by atoms with Crippen molar-refractivity contribution >= 4 is 24.8 Å². The van der Waals surface area contributed by atoms with E-state index in [2.05, 4.69) is 16.8 Å². The van der Waals surface area contributed by atoms with E-state index in [4.69, 9.17) is 9.47 Å². The Balaban J connectivity index is 0.00000264. The van der Waals surface area contributed by atoms with Gasteiger partial charge in [-0.25, -0.2) is 4.39 Å². The van der Waals surface area contributed by atoms with Crippen LogP contribution in [0.2, 0.25) is 0 Å². The second-order valence-electron chi connectivity index (χ2n) is 5.69. The van der Waals surface area contributed by atoms with Crippen molar-refractivity contribution in [1.29, 1.82) is 0 Å². The number of benzene rings is 1. The molecule has 1 aliphatic rings. The summed E-state index contributed by atoms with van der Waals surface area (Å²) in [7, 11) is 3.08. The maximum Gasteiger partial charge on any atom is 0.163 e. The summed E-state index contributed by atoms with van der Waals surface area (Å²) in [6, 6.07) is 3.13. The molecule has 1 aromatic carbocycles. The zero-order chi connectivity index (χ0) is 16.1. The van der Waals surface area contributed by atoms with E-state index < -0.39 is 0 Å². The Morgan fingerprint density at radius 1 is 1.21 bits per heavy atom. The third kappa shape index (κ3) is 5.52. The fourth-order valence-corrected chi connectivity index (χ4v) is 2.88. The maximum absolute atomic E-state index is 14.6. The quantitative estimate of drug-likeness (QED) is 0.764. The van der Waals surface area contributed by atoms with Gasteiger partial charge >= 0.3 is 0 Å². The van der Waals surface area contributed by atoms with E-state index in [0.29, 0.717) is 17.1 Å². The normalized spacial score (nSPS) is 15.7. The van der Waals surface area contributed by atoms with Gasteiger partial charge in [-0.1, -0.05) is 5.57 Å². The maximum atomic E-state index is 14.6. The van der Waals surface area contributed by atoms with Crippen LogP contribution in [-0.2, 0) is 0 Å². The first-order chi connectivity index (χ1) is 10.6. The molecule has 1 N–H and O–H groups in total. The highest BCUT2D eigenvalue weighted by Crippen LogP contribution is 2.36. The van der Waals surface area contributed by atoms with Crippen LogP contribution in [0, 0.1) is 5.82 Å². The van der Waals surface area contributed by atoms with Gasteiger partial charge in [0.05, 0.1) is 14.2 Å². The van der Waals surface area contributed by atoms with E-state index in [-0.39, 0.29) is 36.7 Å². The van der Waals surface area contributed by atoms with Crippen molar-refractivity contribution in [3.63, 3.8) is 0 Å². The largest absolute Gasteiger partial charge is 0.493 e. The summed E-state index contributed by atoms with van der Waals surface area (Å²) in [5.74, 6) is 0.710. The molecular formula is C17H27Cl2FN2O2. The second-order valence-corrected chi connectivity index (χ2v) is 5.69. The molecule has 0 aliphatic carbocycles. The van der Waals surface area contributed by atoms with E-state index in [0.717, 1.165) is 38.2 Å². The van der Waals surface area contributed by atoms with Gasteiger partial charge in [0, 0.05) is 43.9 Å². The smallest absolute Gasteiger partial charge is 0.163 e. The van der Waals surface area contributed by atoms with Crippen LogP contribution in [0.1, 0.15) is 24.9 Å². The van der Waals surface area contributed by atoms with Gasteiger partial charge in [0.2, 0.25) is 0 Å². The van der Waals surface area contributed by atoms with Crippen LogP contribution < -0.4 is 14.8 Å². The van der Waals surface area contributed by atoms with Crippen LogP contribution in [-0.4, -0.2) is 45.3 Å². The molecule has 1 aliphatic heterocycles. The molecule has 1 fully saturated rings. The molecule has 7 heteroatoms. The molecule has 0 bridgehead atoms. The minimum Gasteiger partial charge on any atom is -0.493 e. The van der Waals surface area contributed by atoms with Crippen LogP contribution >= 0.6 is 24.8 Å². The molecule has 0 aromatic heterocycles.